The van der Waals surface area contributed by atoms with Crippen molar-refractivity contribution in [2.75, 3.05) is 13.2 Å². The molecule has 2 rings (SSSR count). The monoisotopic (exact) mass is 242 g/mol. The second-order valence-corrected chi connectivity index (χ2v) is 4.70. The second-order valence-electron chi connectivity index (χ2n) is 4.70. The van der Waals surface area contributed by atoms with Gasteiger partial charge in [0.15, 0.2) is 0 Å². The number of hydrogen-bond acceptors (Lipinski definition) is 5. The van der Waals surface area contributed by atoms with Gasteiger partial charge in [-0.25, -0.2) is 0 Å². The molecule has 1 unspecified atom stereocenters. The molecule has 1 aliphatic carbocycles. The highest BCUT2D eigenvalue weighted by molar-refractivity contribution is 4.74. The van der Waals surface area contributed by atoms with E-state index in [1.807, 2.05) is 0 Å². The summed E-state index contributed by atoms with van der Waals surface area (Å²) in [6.45, 7) is 1.44. The Morgan fingerprint density at radius 3 is 2.88 bits per heavy atom. The smallest absolute Gasteiger partial charge is 0.226 e. The number of nitrogens with two attached hydrogens (primary N) is 1. The Bertz CT molecular complexity index is 244. The van der Waals surface area contributed by atoms with Gasteiger partial charge in [0.05, 0.1) is 12.7 Å². The number of hydrogen-bond donors (Lipinski definition) is 2. The van der Waals surface area contributed by atoms with E-state index in [1.165, 1.54) is 32.1 Å². The fraction of sp³-hybridized carbons (Fsp3) is 1.00. The van der Waals surface area contributed by atoms with Crippen LogP contribution in [0.5, 0.6) is 0 Å². The predicted octanol–water partition coefficient (Wildman–Crippen LogP) is 1.32. The quantitative estimate of drug-likeness (QED) is 0.433. The summed E-state index contributed by atoms with van der Waals surface area (Å²) in [5.74, 6) is 4.97. The van der Waals surface area contributed by atoms with Crippen LogP contribution in [0.3, 0.4) is 0 Å². The molecule has 0 amide bonds. The Morgan fingerprint density at radius 1 is 1.29 bits per heavy atom. The van der Waals surface area contributed by atoms with Crippen LogP contribution >= 0.6 is 0 Å². The second kappa shape index (κ2) is 6.88. The topological polar surface area (TPSA) is 81.2 Å². The van der Waals surface area contributed by atoms with Crippen LogP contribution in [-0.4, -0.2) is 31.7 Å². The van der Waals surface area contributed by atoms with Gasteiger partial charge in [0, 0.05) is 12.6 Å². The summed E-state index contributed by atoms with van der Waals surface area (Å²) in [5.41, 5.74) is 0. The van der Waals surface area contributed by atoms with Crippen molar-refractivity contribution in [1.29, 1.82) is 0 Å². The fourth-order valence-corrected chi connectivity index (χ4v) is 2.41. The van der Waals surface area contributed by atoms with Crippen molar-refractivity contribution in [2.45, 2.75) is 57.0 Å². The highest BCUT2D eigenvalue weighted by Crippen LogP contribution is 2.20. The third-order valence-corrected chi connectivity index (χ3v) is 3.38. The predicted molar refractivity (Wildman–Crippen MR) is 63.1 cm³/mol. The van der Waals surface area contributed by atoms with Crippen molar-refractivity contribution in [3.63, 3.8) is 0 Å². The lowest BCUT2D eigenvalue weighted by atomic mass is 9.98. The van der Waals surface area contributed by atoms with Gasteiger partial charge in [0.1, 0.15) is 0 Å². The van der Waals surface area contributed by atoms with Gasteiger partial charge in [-0.3, -0.25) is 5.32 Å². The summed E-state index contributed by atoms with van der Waals surface area (Å²) in [4.78, 5) is 0. The van der Waals surface area contributed by atoms with Crippen molar-refractivity contribution < 1.29 is 9.47 Å². The molecule has 0 bridgehead atoms. The van der Waals surface area contributed by atoms with Gasteiger partial charge in [-0.15, -0.1) is 5.11 Å². The average molecular weight is 242 g/mol. The van der Waals surface area contributed by atoms with Crippen LogP contribution < -0.4 is 11.2 Å². The van der Waals surface area contributed by atoms with E-state index in [4.69, 9.17) is 15.3 Å². The minimum Gasteiger partial charge on any atom is -0.378 e. The summed E-state index contributed by atoms with van der Waals surface area (Å²) < 4.78 is 11.2. The number of nitrogens with one attached hydrogen (secondary N) is 1. The first-order valence-electron chi connectivity index (χ1n) is 6.48. The summed E-state index contributed by atoms with van der Waals surface area (Å²) in [6, 6.07) is 0.300. The molecule has 0 aromatic heterocycles. The van der Waals surface area contributed by atoms with Gasteiger partial charge in [0.25, 0.3) is 0 Å². The lowest BCUT2D eigenvalue weighted by Gasteiger charge is -2.22. The molecule has 0 radical (unpaired) electrons. The molecule has 2 aliphatic rings. The van der Waals surface area contributed by atoms with Crippen LogP contribution in [0.15, 0.2) is 10.3 Å². The van der Waals surface area contributed by atoms with Crippen LogP contribution in [0.2, 0.25) is 0 Å². The first kappa shape index (κ1) is 12.7. The molecule has 0 spiro atoms. The van der Waals surface area contributed by atoms with Crippen molar-refractivity contribution in [2.24, 2.45) is 16.2 Å². The number of rotatable bonds is 5. The standard InChI is InChI=1S/C11H22N4O2/c12-15-14-11-13-9(8-17-11)6-7-16-10-4-2-1-3-5-10/h9-11,13H,1-8H2,(H2,12,14)/t9-,11?/m0/s1. The maximum atomic E-state index is 5.87. The zero-order valence-electron chi connectivity index (χ0n) is 10.2. The molecule has 3 N–H and O–H groups in total. The Kier molecular flexibility index (Phi) is 5.15. The molecule has 98 valence electrons. The van der Waals surface area contributed by atoms with E-state index in [1.54, 1.807) is 0 Å². The first-order valence-corrected chi connectivity index (χ1v) is 6.48. The molecule has 1 saturated carbocycles. The highest BCUT2D eigenvalue weighted by atomic mass is 16.5. The van der Waals surface area contributed by atoms with Gasteiger partial charge in [-0.2, -0.15) is 0 Å². The van der Waals surface area contributed by atoms with E-state index in [2.05, 4.69) is 15.7 Å². The molecule has 17 heavy (non-hydrogen) atoms. The zero-order chi connectivity index (χ0) is 11.9. The Morgan fingerprint density at radius 2 is 2.12 bits per heavy atom. The minimum atomic E-state index is -0.375. The van der Waals surface area contributed by atoms with Crippen LogP contribution in [0.4, 0.5) is 0 Å². The zero-order valence-corrected chi connectivity index (χ0v) is 10.2. The van der Waals surface area contributed by atoms with Crippen molar-refractivity contribution >= 4 is 0 Å². The first-order chi connectivity index (χ1) is 8.38. The molecule has 2 fully saturated rings. The molecule has 0 aromatic carbocycles. The van der Waals surface area contributed by atoms with Gasteiger partial charge in [-0.1, -0.05) is 24.5 Å². The number of ether oxygens (including phenoxy) is 2. The Balaban J connectivity index is 1.56. The molecule has 1 heterocycles. The van der Waals surface area contributed by atoms with Crippen LogP contribution in [0.1, 0.15) is 38.5 Å². The lowest BCUT2D eigenvalue weighted by Crippen LogP contribution is -2.31. The lowest BCUT2D eigenvalue weighted by molar-refractivity contribution is 0.0237. The molecular weight excluding hydrogens is 220 g/mol. The van der Waals surface area contributed by atoms with E-state index in [0.717, 1.165) is 13.0 Å². The summed E-state index contributed by atoms with van der Waals surface area (Å²) >= 11 is 0. The molecule has 6 heteroatoms. The van der Waals surface area contributed by atoms with E-state index in [0.29, 0.717) is 18.8 Å². The SMILES string of the molecule is NN=NC1N[C@@H](CCOC2CCCCC2)CO1. The minimum absolute atomic E-state index is 0.300. The largest absolute Gasteiger partial charge is 0.378 e. The van der Waals surface area contributed by atoms with E-state index in [9.17, 15) is 0 Å². The van der Waals surface area contributed by atoms with Crippen molar-refractivity contribution in [1.82, 2.24) is 5.32 Å². The normalized spacial score (nSPS) is 31.3. The summed E-state index contributed by atoms with van der Waals surface area (Å²) in [7, 11) is 0. The highest BCUT2D eigenvalue weighted by Gasteiger charge is 2.24. The van der Waals surface area contributed by atoms with Gasteiger partial charge >= 0.3 is 0 Å². The van der Waals surface area contributed by atoms with Crippen molar-refractivity contribution in [3.8, 4) is 0 Å². The molecule has 0 aromatic rings. The number of nitrogens with zero attached hydrogens (tertiary/aromatic N) is 2. The van der Waals surface area contributed by atoms with Crippen LogP contribution in [-0.2, 0) is 9.47 Å². The molecule has 6 nitrogen and oxygen atoms in total. The van der Waals surface area contributed by atoms with Gasteiger partial charge < -0.3 is 15.3 Å². The molecule has 1 aliphatic heterocycles. The maximum absolute atomic E-state index is 5.87. The molecule has 2 atom stereocenters. The molecule has 1 saturated heterocycles. The third-order valence-electron chi connectivity index (χ3n) is 3.38. The Hall–Kier alpha value is -0.720. The Labute approximate surface area is 102 Å². The van der Waals surface area contributed by atoms with E-state index < -0.39 is 0 Å². The van der Waals surface area contributed by atoms with E-state index >= 15 is 0 Å². The maximum Gasteiger partial charge on any atom is 0.226 e. The van der Waals surface area contributed by atoms with Gasteiger partial charge in [0.2, 0.25) is 6.35 Å². The third kappa shape index (κ3) is 4.22. The summed E-state index contributed by atoms with van der Waals surface area (Å²) in [5, 5.41) is 10.1. The van der Waals surface area contributed by atoms with Crippen LogP contribution in [0.25, 0.3) is 0 Å². The van der Waals surface area contributed by atoms with Crippen molar-refractivity contribution in [3.05, 3.63) is 0 Å². The fourth-order valence-electron chi connectivity index (χ4n) is 2.41. The summed E-state index contributed by atoms with van der Waals surface area (Å²) in [6.07, 6.45) is 7.49. The van der Waals surface area contributed by atoms with Gasteiger partial charge in [-0.05, 0) is 19.3 Å². The van der Waals surface area contributed by atoms with E-state index in [-0.39, 0.29) is 6.35 Å². The molecular formula is C11H22N4O2. The average Bonchev–Trinajstić information content (AvgIpc) is 2.79. The van der Waals surface area contributed by atoms with Crippen LogP contribution in [0, 0.1) is 0 Å².